The first kappa shape index (κ1) is 62.5. The second-order valence-electron chi connectivity index (χ2n) is 26.0. The normalized spacial score (nSPS) is 51.7. The maximum absolute atomic E-state index is 13.3. The van der Waals surface area contributed by atoms with Crippen molar-refractivity contribution in [3.8, 4) is 0 Å². The molecule has 5 aliphatic carbocycles. The van der Waals surface area contributed by atoms with Crippen LogP contribution in [0.2, 0.25) is 0 Å². The van der Waals surface area contributed by atoms with Crippen molar-refractivity contribution in [1.82, 2.24) is 0 Å². The van der Waals surface area contributed by atoms with Gasteiger partial charge >= 0.3 is 17.9 Å². The van der Waals surface area contributed by atoms with Gasteiger partial charge in [0, 0.05) is 23.3 Å². The van der Waals surface area contributed by atoms with Crippen molar-refractivity contribution in [3.05, 3.63) is 11.6 Å². The number of aliphatic hydroxyl groups excluding tert-OH is 12. The van der Waals surface area contributed by atoms with Crippen molar-refractivity contribution in [2.45, 2.75) is 230 Å². The molecule has 452 valence electrons. The van der Waals surface area contributed by atoms with E-state index in [0.717, 1.165) is 0 Å². The van der Waals surface area contributed by atoms with E-state index in [0.29, 0.717) is 44.1 Å². The zero-order valence-corrected chi connectivity index (χ0v) is 46.6. The Morgan fingerprint density at radius 1 is 0.620 bits per heavy atom. The second kappa shape index (κ2) is 22.8. The van der Waals surface area contributed by atoms with Crippen molar-refractivity contribution >= 4 is 17.9 Å². The van der Waals surface area contributed by atoms with Gasteiger partial charge in [-0.2, -0.15) is 0 Å². The molecule has 0 aromatic rings. The molecule has 3 heterocycles. The molecule has 0 aromatic carbocycles. The molecule has 0 amide bonds. The number of hydrogen-bond donors (Lipinski definition) is 13. The molecule has 3 saturated heterocycles. The highest BCUT2D eigenvalue weighted by Gasteiger charge is 2.75. The monoisotopic (exact) mass is 1130 g/mol. The first-order valence-corrected chi connectivity index (χ1v) is 28.0. The number of ether oxygens (including phenoxy) is 8. The van der Waals surface area contributed by atoms with Crippen LogP contribution in [0.15, 0.2) is 11.6 Å². The smallest absolute Gasteiger partial charge is 0.335 e. The summed E-state index contributed by atoms with van der Waals surface area (Å²) in [6, 6.07) is 0. The number of fused-ring (bicyclic) bond motifs is 7. The van der Waals surface area contributed by atoms with Crippen LogP contribution in [0.25, 0.3) is 0 Å². The predicted octanol–water partition coefficient (Wildman–Crippen LogP) is -1.24. The van der Waals surface area contributed by atoms with Gasteiger partial charge in [0.1, 0.15) is 86.0 Å². The molecule has 0 spiro atoms. The minimum absolute atomic E-state index is 0.00855. The molecule has 0 aromatic heterocycles. The number of aliphatic carboxylic acids is 1. The lowest BCUT2D eigenvalue weighted by Gasteiger charge is -2.75. The summed E-state index contributed by atoms with van der Waals surface area (Å²) >= 11 is 0. The Bertz CT molecular complexity index is 2230. The van der Waals surface area contributed by atoms with Crippen LogP contribution in [0.5, 0.6) is 0 Å². The fraction of sp³-hybridized carbons (Fsp3) is 0.909. The highest BCUT2D eigenvalue weighted by molar-refractivity contribution is 5.87. The molecule has 8 rings (SSSR count). The number of aliphatic hydroxyl groups is 12. The molecule has 24 heteroatoms. The van der Waals surface area contributed by atoms with E-state index < -0.39 is 187 Å². The minimum atomic E-state index is -2.17. The average Bonchev–Trinajstić information content (AvgIpc) is 3.39. The Balaban J connectivity index is 1.09. The average molecular weight is 1130 g/mol. The molecule has 0 unspecified atom stereocenters. The third-order valence-electron chi connectivity index (χ3n) is 21.6. The summed E-state index contributed by atoms with van der Waals surface area (Å²) in [6.07, 6.45) is -27.7. The summed E-state index contributed by atoms with van der Waals surface area (Å²) in [5.74, 6) is -3.63. The maximum atomic E-state index is 13.3. The lowest BCUT2D eigenvalue weighted by atomic mass is 9.30. The number of carboxylic acids is 1. The number of hydrogen-bond acceptors (Lipinski definition) is 23. The standard InChI is InChI=1S/C55H88O24/c1-10-23(2)46(71)79-44-43(68)55(22-72-24(3)59)26(17-50(44,4)5)25-11-12-30-51(6)15-14-32(52(7,21-58)29(51)13-16-53(30,8)54(25,9)18-31(55)60)75-49-41(77-48-38(66)36(64)34(62)28(20-57)74-48)39(67)40(42(78-49)45(69)70)76-47-37(65)35(63)33(61)27(19-56)73-47/h10,25-44,47-49,56-58,60-68H,11-22H2,1-9H3,(H,69,70)/b23-10+/t25-,26-,27+,28+,29+,30+,31+,32-,33+,34+,35-,36-,37+,38+,39-,40-,41+,42-,43-,44-,47-,48-,49+,51-,52+,53+,54+,55-/m0/s1. The van der Waals surface area contributed by atoms with E-state index in [1.165, 1.54) is 6.92 Å². The first-order chi connectivity index (χ1) is 36.9. The molecule has 28 atom stereocenters. The summed E-state index contributed by atoms with van der Waals surface area (Å²) in [6.45, 7) is 14.6. The molecule has 8 aliphatic rings. The van der Waals surface area contributed by atoms with E-state index in [2.05, 4.69) is 20.8 Å². The minimum Gasteiger partial charge on any atom is -0.479 e. The lowest BCUT2D eigenvalue weighted by molar-refractivity contribution is -0.392. The van der Waals surface area contributed by atoms with Crippen molar-refractivity contribution in [2.75, 3.05) is 26.4 Å². The first-order valence-electron chi connectivity index (χ1n) is 28.0. The van der Waals surface area contributed by atoms with Gasteiger partial charge in [-0.25, -0.2) is 9.59 Å². The number of carbonyl (C=O) groups excluding carboxylic acids is 2. The van der Waals surface area contributed by atoms with E-state index in [-0.39, 0.29) is 43.1 Å². The van der Waals surface area contributed by atoms with Gasteiger partial charge < -0.3 is 104 Å². The molecule has 79 heavy (non-hydrogen) atoms. The third kappa shape index (κ3) is 10.1. The second-order valence-corrected chi connectivity index (χ2v) is 26.0. The Morgan fingerprint density at radius 2 is 1.20 bits per heavy atom. The Labute approximate surface area is 459 Å². The maximum Gasteiger partial charge on any atom is 0.335 e. The van der Waals surface area contributed by atoms with Crippen molar-refractivity contribution in [2.24, 2.45) is 56.2 Å². The number of carboxylic acid groups (broad SMARTS) is 1. The van der Waals surface area contributed by atoms with Gasteiger partial charge in [0.2, 0.25) is 0 Å². The molecule has 0 bridgehead atoms. The molecule has 8 fully saturated rings. The highest BCUT2D eigenvalue weighted by Crippen LogP contribution is 2.77. The van der Waals surface area contributed by atoms with Crippen LogP contribution in [0.3, 0.4) is 0 Å². The predicted molar refractivity (Wildman–Crippen MR) is 269 cm³/mol. The van der Waals surface area contributed by atoms with Gasteiger partial charge in [-0.15, -0.1) is 0 Å². The molecule has 24 nitrogen and oxygen atoms in total. The number of rotatable bonds is 14. The van der Waals surface area contributed by atoms with E-state index in [4.69, 9.17) is 37.9 Å². The van der Waals surface area contributed by atoms with Crippen LogP contribution in [-0.2, 0) is 52.3 Å². The molecular weight excluding hydrogens is 1040 g/mol. The fourth-order valence-corrected chi connectivity index (χ4v) is 16.9. The van der Waals surface area contributed by atoms with Gasteiger partial charge in [-0.3, -0.25) is 4.79 Å². The lowest BCUT2D eigenvalue weighted by Crippen LogP contribution is -2.74. The quantitative estimate of drug-likeness (QED) is 0.0549. The Hall–Kier alpha value is -2.57. The van der Waals surface area contributed by atoms with Crippen LogP contribution in [-0.4, -0.2) is 227 Å². The van der Waals surface area contributed by atoms with Gasteiger partial charge in [-0.05, 0) is 105 Å². The van der Waals surface area contributed by atoms with E-state index in [9.17, 15) is 80.8 Å². The SMILES string of the molecule is C/C=C(\C)C(=O)O[C@H]1[C@H](O)[C@]2(COC(C)=O)[C@H](O)C[C@]3(C)[C@@H](CC[C@@H]4[C@@]5(C)CC[C@H](O[C@@H]6O[C@H](C(=O)O)[C@@H](O[C@@H]7O[C@H](CO)[C@@H](O)[C@H](O)[C@H]7O)[C@H](O)[C@H]6O[C@@H]6O[C@H](CO)[C@@H](O)[C@H](O)[C@H]6O)[C@](C)(CO)[C@@H]5CC[C@]43C)[C@@H]2CC1(C)C. The number of allylic oxidation sites excluding steroid dienone is 1. The highest BCUT2D eigenvalue weighted by atomic mass is 16.8. The van der Waals surface area contributed by atoms with Gasteiger partial charge in [0.25, 0.3) is 0 Å². The van der Waals surface area contributed by atoms with E-state index in [1.807, 2.05) is 20.8 Å². The van der Waals surface area contributed by atoms with Crippen molar-refractivity contribution in [3.63, 3.8) is 0 Å². The molecule has 0 radical (unpaired) electrons. The Morgan fingerprint density at radius 3 is 1.73 bits per heavy atom. The van der Waals surface area contributed by atoms with E-state index >= 15 is 0 Å². The zero-order chi connectivity index (χ0) is 58.4. The van der Waals surface area contributed by atoms with Crippen LogP contribution in [0, 0.1) is 56.2 Å². The molecule has 5 saturated carbocycles. The topological polar surface area (TPSA) is 388 Å². The summed E-state index contributed by atoms with van der Waals surface area (Å²) in [7, 11) is 0. The van der Waals surface area contributed by atoms with Gasteiger partial charge in [-0.1, -0.05) is 47.6 Å². The van der Waals surface area contributed by atoms with E-state index in [1.54, 1.807) is 19.9 Å². The van der Waals surface area contributed by atoms with Gasteiger partial charge in [0.05, 0.1) is 37.4 Å². The largest absolute Gasteiger partial charge is 0.479 e. The van der Waals surface area contributed by atoms with Crippen LogP contribution in [0.4, 0.5) is 0 Å². The molecule has 13 N–H and O–H groups in total. The summed E-state index contributed by atoms with van der Waals surface area (Å²) in [5, 5.41) is 144. The summed E-state index contributed by atoms with van der Waals surface area (Å²) < 4.78 is 47.8. The Kier molecular flexibility index (Phi) is 18.0. The van der Waals surface area contributed by atoms with Crippen LogP contribution < -0.4 is 0 Å². The fourth-order valence-electron chi connectivity index (χ4n) is 16.9. The third-order valence-corrected chi connectivity index (χ3v) is 21.6. The van der Waals surface area contributed by atoms with Gasteiger partial charge in [0.15, 0.2) is 25.0 Å². The summed E-state index contributed by atoms with van der Waals surface area (Å²) in [5.41, 5.74) is -4.41. The van der Waals surface area contributed by atoms with Crippen LogP contribution in [0.1, 0.15) is 114 Å². The van der Waals surface area contributed by atoms with Crippen molar-refractivity contribution in [1.29, 1.82) is 0 Å². The summed E-state index contributed by atoms with van der Waals surface area (Å²) in [4.78, 5) is 39.0. The van der Waals surface area contributed by atoms with Crippen molar-refractivity contribution < 1.29 is 119 Å². The molecular formula is C55H88O24. The zero-order valence-electron chi connectivity index (χ0n) is 46.6. The molecule has 3 aliphatic heterocycles. The van der Waals surface area contributed by atoms with Crippen LogP contribution >= 0.6 is 0 Å². The number of carbonyl (C=O) groups is 3. The number of esters is 2.